The van der Waals surface area contributed by atoms with Crippen LogP contribution in [-0.4, -0.2) is 57.4 Å². The van der Waals surface area contributed by atoms with Gasteiger partial charge in [-0.1, -0.05) is 18.2 Å². The lowest BCUT2D eigenvalue weighted by Crippen LogP contribution is -2.51. The Bertz CT molecular complexity index is 542. The lowest BCUT2D eigenvalue weighted by Gasteiger charge is -2.33. The van der Waals surface area contributed by atoms with Gasteiger partial charge in [-0.3, -0.25) is 0 Å². The zero-order valence-electron chi connectivity index (χ0n) is 11.5. The summed E-state index contributed by atoms with van der Waals surface area (Å²) in [7, 11) is -1.91. The molecule has 0 aromatic heterocycles. The van der Waals surface area contributed by atoms with Crippen LogP contribution in [0.1, 0.15) is 5.56 Å². The molecule has 1 aromatic carbocycles. The van der Waals surface area contributed by atoms with Crippen LogP contribution < -0.4 is 4.72 Å². The van der Waals surface area contributed by atoms with Crippen molar-refractivity contribution in [2.45, 2.75) is 6.42 Å². The minimum absolute atomic E-state index is 0.177. The van der Waals surface area contributed by atoms with Crippen molar-refractivity contribution in [2.24, 2.45) is 0 Å². The Morgan fingerprint density at radius 3 is 2.45 bits per heavy atom. The van der Waals surface area contributed by atoms with Crippen LogP contribution in [-0.2, 0) is 16.6 Å². The fourth-order valence-corrected chi connectivity index (χ4v) is 3.20. The summed E-state index contributed by atoms with van der Waals surface area (Å²) in [6, 6.07) is 6.76. The van der Waals surface area contributed by atoms with E-state index in [1.165, 1.54) is 17.4 Å². The molecule has 20 heavy (non-hydrogen) atoms. The summed E-state index contributed by atoms with van der Waals surface area (Å²) in [5, 5.41) is 0. The second kappa shape index (κ2) is 6.62. The molecule has 5 nitrogen and oxygen atoms in total. The third kappa shape index (κ3) is 3.76. The van der Waals surface area contributed by atoms with Crippen LogP contribution in [0.4, 0.5) is 4.39 Å². The summed E-state index contributed by atoms with van der Waals surface area (Å²) in [5.74, 6) is -0.177. The summed E-state index contributed by atoms with van der Waals surface area (Å²) < 4.78 is 40.5. The molecule has 1 aliphatic rings. The van der Waals surface area contributed by atoms with Crippen LogP contribution in [0.3, 0.4) is 0 Å². The first-order valence-corrected chi connectivity index (χ1v) is 8.11. The number of hydrogen-bond donors (Lipinski definition) is 1. The predicted molar refractivity (Wildman–Crippen MR) is 76.1 cm³/mol. The molecular weight excluding hydrogens is 281 g/mol. The molecule has 0 saturated carbocycles. The molecule has 1 saturated heterocycles. The maximum absolute atomic E-state index is 13.5. The molecular formula is C13H20FN3O2S. The summed E-state index contributed by atoms with van der Waals surface area (Å²) in [6.07, 6.45) is 0.644. The van der Waals surface area contributed by atoms with E-state index in [9.17, 15) is 12.8 Å². The topological polar surface area (TPSA) is 52.7 Å². The number of nitrogens with zero attached hydrogens (tertiary/aromatic N) is 2. The normalized spacial score (nSPS) is 18.3. The van der Waals surface area contributed by atoms with Crippen LogP contribution >= 0.6 is 0 Å². The van der Waals surface area contributed by atoms with Crippen molar-refractivity contribution >= 4 is 10.2 Å². The molecule has 0 bridgehead atoms. The van der Waals surface area contributed by atoms with Gasteiger partial charge in [0.25, 0.3) is 10.2 Å². The third-order valence-corrected chi connectivity index (χ3v) is 5.15. The van der Waals surface area contributed by atoms with E-state index >= 15 is 0 Å². The molecule has 1 aromatic rings. The van der Waals surface area contributed by atoms with E-state index < -0.39 is 10.2 Å². The van der Waals surface area contributed by atoms with E-state index in [0.29, 0.717) is 38.2 Å². The van der Waals surface area contributed by atoms with E-state index in [-0.39, 0.29) is 5.82 Å². The molecule has 0 radical (unpaired) electrons. The summed E-state index contributed by atoms with van der Waals surface area (Å²) in [5.41, 5.74) is 0.706. The van der Waals surface area contributed by atoms with Crippen LogP contribution in [0.5, 0.6) is 0 Å². The zero-order valence-corrected chi connectivity index (χ0v) is 12.4. The van der Waals surface area contributed by atoms with E-state index in [1.54, 1.807) is 12.1 Å². The zero-order chi connectivity index (χ0) is 14.6. The van der Waals surface area contributed by atoms with Crippen LogP contribution in [0, 0.1) is 5.82 Å². The first-order valence-electron chi connectivity index (χ1n) is 6.67. The fraction of sp³-hybridized carbons (Fsp3) is 0.538. The summed E-state index contributed by atoms with van der Waals surface area (Å²) in [6.45, 7) is 3.04. The molecule has 1 N–H and O–H groups in total. The summed E-state index contributed by atoms with van der Waals surface area (Å²) >= 11 is 0. The van der Waals surface area contributed by atoms with Gasteiger partial charge in [-0.25, -0.2) is 9.11 Å². The van der Waals surface area contributed by atoms with Crippen molar-refractivity contribution in [2.75, 3.05) is 39.8 Å². The highest BCUT2D eigenvalue weighted by atomic mass is 32.2. The van der Waals surface area contributed by atoms with Gasteiger partial charge < -0.3 is 4.90 Å². The van der Waals surface area contributed by atoms with Gasteiger partial charge in [-0.2, -0.15) is 12.7 Å². The minimum Gasteiger partial charge on any atom is -0.300 e. The van der Waals surface area contributed by atoms with E-state index in [4.69, 9.17) is 0 Å². The number of halogens is 1. The van der Waals surface area contributed by atoms with Crippen molar-refractivity contribution in [1.29, 1.82) is 0 Å². The molecule has 1 aliphatic heterocycles. The molecule has 2 rings (SSSR count). The van der Waals surface area contributed by atoms with Crippen molar-refractivity contribution < 1.29 is 12.8 Å². The highest BCUT2D eigenvalue weighted by Crippen LogP contribution is 2.10. The SMILES string of the molecule is CNS(=O)(=O)N1CCN(CCc2ccccc2F)CC1. The Labute approximate surface area is 119 Å². The molecule has 112 valence electrons. The van der Waals surface area contributed by atoms with Gasteiger partial charge in [-0.05, 0) is 18.1 Å². The van der Waals surface area contributed by atoms with E-state index in [0.717, 1.165) is 6.54 Å². The molecule has 0 aliphatic carbocycles. The lowest BCUT2D eigenvalue weighted by atomic mass is 10.1. The van der Waals surface area contributed by atoms with Gasteiger partial charge >= 0.3 is 0 Å². The second-order valence-corrected chi connectivity index (χ2v) is 6.67. The van der Waals surface area contributed by atoms with Crippen LogP contribution in [0.15, 0.2) is 24.3 Å². The Morgan fingerprint density at radius 2 is 1.85 bits per heavy atom. The molecule has 0 unspecified atom stereocenters. The number of nitrogens with one attached hydrogen (secondary N) is 1. The van der Waals surface area contributed by atoms with Crippen molar-refractivity contribution in [3.05, 3.63) is 35.6 Å². The van der Waals surface area contributed by atoms with Crippen LogP contribution in [0.25, 0.3) is 0 Å². The predicted octanol–water partition coefficient (Wildman–Crippen LogP) is 0.450. The first-order chi connectivity index (χ1) is 9.53. The largest absolute Gasteiger partial charge is 0.300 e. The van der Waals surface area contributed by atoms with Crippen molar-refractivity contribution in [1.82, 2.24) is 13.9 Å². The molecule has 0 amide bonds. The lowest BCUT2D eigenvalue weighted by molar-refractivity contribution is 0.189. The summed E-state index contributed by atoms with van der Waals surface area (Å²) in [4.78, 5) is 2.16. The Balaban J connectivity index is 1.82. The molecule has 0 spiro atoms. The smallest absolute Gasteiger partial charge is 0.279 e. The maximum Gasteiger partial charge on any atom is 0.279 e. The Hall–Kier alpha value is -1.02. The Morgan fingerprint density at radius 1 is 1.20 bits per heavy atom. The van der Waals surface area contributed by atoms with Crippen molar-refractivity contribution in [3.63, 3.8) is 0 Å². The van der Waals surface area contributed by atoms with Gasteiger partial charge in [0.15, 0.2) is 0 Å². The highest BCUT2D eigenvalue weighted by molar-refractivity contribution is 7.87. The van der Waals surface area contributed by atoms with Gasteiger partial charge in [0, 0.05) is 39.8 Å². The van der Waals surface area contributed by atoms with Crippen molar-refractivity contribution in [3.8, 4) is 0 Å². The maximum atomic E-state index is 13.5. The number of rotatable bonds is 5. The average Bonchev–Trinajstić information content (AvgIpc) is 2.47. The number of benzene rings is 1. The van der Waals surface area contributed by atoms with Gasteiger partial charge in [0.05, 0.1) is 0 Å². The third-order valence-electron chi connectivity index (χ3n) is 3.58. The molecule has 1 fully saturated rings. The van der Waals surface area contributed by atoms with E-state index in [1.807, 2.05) is 6.07 Å². The van der Waals surface area contributed by atoms with Gasteiger partial charge in [0.1, 0.15) is 5.82 Å². The van der Waals surface area contributed by atoms with Gasteiger partial charge in [-0.15, -0.1) is 0 Å². The highest BCUT2D eigenvalue weighted by Gasteiger charge is 2.25. The number of hydrogen-bond acceptors (Lipinski definition) is 3. The van der Waals surface area contributed by atoms with E-state index in [2.05, 4.69) is 9.62 Å². The molecule has 7 heteroatoms. The second-order valence-electron chi connectivity index (χ2n) is 4.79. The minimum atomic E-state index is -3.32. The van der Waals surface area contributed by atoms with Gasteiger partial charge in [0.2, 0.25) is 0 Å². The Kier molecular flexibility index (Phi) is 5.09. The quantitative estimate of drug-likeness (QED) is 0.859. The first kappa shape index (κ1) is 15.4. The number of piperazine rings is 1. The van der Waals surface area contributed by atoms with Crippen LogP contribution in [0.2, 0.25) is 0 Å². The fourth-order valence-electron chi connectivity index (χ4n) is 2.30. The average molecular weight is 301 g/mol. The standard InChI is InChI=1S/C13H20FN3O2S/c1-15-20(18,19)17-10-8-16(9-11-17)7-6-12-4-2-3-5-13(12)14/h2-5,15H,6-11H2,1H3. The molecule has 0 atom stereocenters. The molecule has 1 heterocycles. The monoisotopic (exact) mass is 301 g/mol.